The van der Waals surface area contributed by atoms with E-state index in [0.29, 0.717) is 11.6 Å². The van der Waals surface area contributed by atoms with Crippen LogP contribution in [0.5, 0.6) is 0 Å². The molecule has 27 heavy (non-hydrogen) atoms. The van der Waals surface area contributed by atoms with Crippen molar-refractivity contribution in [1.29, 1.82) is 0 Å². The third-order valence-corrected chi connectivity index (χ3v) is 4.53. The molecular formula is C22H24N2O3. The number of esters is 1. The number of rotatable bonds is 6. The summed E-state index contributed by atoms with van der Waals surface area (Å²) >= 11 is 0. The van der Waals surface area contributed by atoms with E-state index in [4.69, 9.17) is 4.74 Å². The topological polar surface area (TPSA) is 71.2 Å². The second-order valence-electron chi connectivity index (χ2n) is 6.93. The van der Waals surface area contributed by atoms with Crippen molar-refractivity contribution in [1.82, 2.24) is 4.98 Å². The lowest BCUT2D eigenvalue weighted by Gasteiger charge is -2.14. The quantitative estimate of drug-likeness (QED) is 0.637. The van der Waals surface area contributed by atoms with Crippen molar-refractivity contribution >= 4 is 28.5 Å². The number of ether oxygens (including phenoxy) is 1. The van der Waals surface area contributed by atoms with Crippen LogP contribution in [0.4, 0.5) is 5.69 Å². The molecule has 1 atom stereocenters. The third kappa shape index (κ3) is 4.56. The standard InChI is InChI=1S/C22H24N2O3/c1-14(2)16-8-10-18(11-9-16)24-22(26)15(3)27-21(25)12-17-13-23-20-7-5-4-6-19(17)20/h4-11,13-15,23H,12H2,1-3H3,(H,24,26)/t15-/m0/s1. The van der Waals surface area contributed by atoms with Crippen molar-refractivity contribution in [2.24, 2.45) is 0 Å². The molecule has 0 aliphatic heterocycles. The summed E-state index contributed by atoms with van der Waals surface area (Å²) in [5.74, 6) is -0.351. The van der Waals surface area contributed by atoms with Gasteiger partial charge in [-0.15, -0.1) is 0 Å². The number of benzene rings is 2. The SMILES string of the molecule is CC(C)c1ccc(NC(=O)[C@H](C)OC(=O)Cc2c[nH]c3ccccc23)cc1. The van der Waals surface area contributed by atoms with Crippen LogP contribution < -0.4 is 5.32 Å². The van der Waals surface area contributed by atoms with E-state index >= 15 is 0 Å². The van der Waals surface area contributed by atoms with Gasteiger partial charge in [-0.2, -0.15) is 0 Å². The molecule has 0 radical (unpaired) electrons. The highest BCUT2D eigenvalue weighted by atomic mass is 16.5. The Kier molecular flexibility index (Phi) is 5.60. The van der Waals surface area contributed by atoms with Crippen LogP contribution in [-0.4, -0.2) is 23.0 Å². The minimum atomic E-state index is -0.868. The van der Waals surface area contributed by atoms with E-state index in [1.165, 1.54) is 5.56 Å². The Morgan fingerprint density at radius 2 is 1.74 bits per heavy atom. The Hall–Kier alpha value is -3.08. The van der Waals surface area contributed by atoms with E-state index in [9.17, 15) is 9.59 Å². The molecule has 5 heteroatoms. The maximum atomic E-state index is 12.3. The van der Waals surface area contributed by atoms with Gasteiger partial charge in [0.15, 0.2) is 6.10 Å². The first kappa shape index (κ1) is 18.7. The van der Waals surface area contributed by atoms with Gasteiger partial charge in [-0.3, -0.25) is 9.59 Å². The molecule has 3 aromatic rings. The molecule has 3 rings (SSSR count). The van der Waals surface area contributed by atoms with Gasteiger partial charge in [0.2, 0.25) is 0 Å². The molecule has 1 amide bonds. The van der Waals surface area contributed by atoms with Gasteiger partial charge in [-0.1, -0.05) is 44.2 Å². The summed E-state index contributed by atoms with van der Waals surface area (Å²) in [7, 11) is 0. The molecular weight excluding hydrogens is 340 g/mol. The number of amides is 1. The number of carbonyl (C=O) groups is 2. The summed E-state index contributed by atoms with van der Waals surface area (Å²) in [6, 6.07) is 15.4. The largest absolute Gasteiger partial charge is 0.452 e. The zero-order valence-electron chi connectivity index (χ0n) is 15.8. The van der Waals surface area contributed by atoms with E-state index in [2.05, 4.69) is 24.1 Å². The predicted octanol–water partition coefficient (Wildman–Crippen LogP) is 4.40. The lowest BCUT2D eigenvalue weighted by atomic mass is 10.0. The lowest BCUT2D eigenvalue weighted by Crippen LogP contribution is -2.30. The van der Waals surface area contributed by atoms with Crippen LogP contribution in [0.1, 0.15) is 37.8 Å². The Labute approximate surface area is 158 Å². The van der Waals surface area contributed by atoms with E-state index < -0.39 is 12.1 Å². The number of anilines is 1. The predicted molar refractivity (Wildman–Crippen MR) is 107 cm³/mol. The van der Waals surface area contributed by atoms with Crippen LogP contribution >= 0.6 is 0 Å². The number of carbonyl (C=O) groups excluding carboxylic acids is 2. The summed E-state index contributed by atoms with van der Waals surface area (Å²) < 4.78 is 5.30. The van der Waals surface area contributed by atoms with Crippen molar-refractivity contribution in [2.45, 2.75) is 39.2 Å². The molecule has 0 aliphatic carbocycles. The molecule has 0 unspecified atom stereocenters. The van der Waals surface area contributed by atoms with Gasteiger partial charge in [0.1, 0.15) is 0 Å². The number of aromatic nitrogens is 1. The molecule has 0 saturated carbocycles. The molecule has 5 nitrogen and oxygen atoms in total. The number of aromatic amines is 1. The first-order chi connectivity index (χ1) is 12.9. The zero-order valence-corrected chi connectivity index (χ0v) is 15.8. The summed E-state index contributed by atoms with van der Waals surface area (Å²) in [4.78, 5) is 27.6. The van der Waals surface area contributed by atoms with Crippen molar-refractivity contribution in [2.75, 3.05) is 5.32 Å². The maximum absolute atomic E-state index is 12.3. The summed E-state index contributed by atoms with van der Waals surface area (Å²) in [6.07, 6.45) is 1.05. The molecule has 0 bridgehead atoms. The molecule has 0 saturated heterocycles. The minimum absolute atomic E-state index is 0.116. The zero-order chi connectivity index (χ0) is 19.4. The molecule has 140 valence electrons. The van der Waals surface area contributed by atoms with Crippen LogP contribution in [0.2, 0.25) is 0 Å². The maximum Gasteiger partial charge on any atom is 0.311 e. The highest BCUT2D eigenvalue weighted by Crippen LogP contribution is 2.19. The second-order valence-corrected chi connectivity index (χ2v) is 6.93. The van der Waals surface area contributed by atoms with Crippen molar-refractivity contribution in [3.8, 4) is 0 Å². The van der Waals surface area contributed by atoms with Crippen LogP contribution in [0, 0.1) is 0 Å². The normalized spacial score (nSPS) is 12.1. The van der Waals surface area contributed by atoms with Gasteiger partial charge in [0.25, 0.3) is 5.91 Å². The fraction of sp³-hybridized carbons (Fsp3) is 0.273. The van der Waals surface area contributed by atoms with Gasteiger partial charge in [0.05, 0.1) is 6.42 Å². The number of hydrogen-bond donors (Lipinski definition) is 2. The molecule has 1 aromatic heterocycles. The molecule has 2 N–H and O–H groups in total. The third-order valence-electron chi connectivity index (χ3n) is 4.53. The smallest absolute Gasteiger partial charge is 0.311 e. The number of para-hydroxylation sites is 1. The average molecular weight is 364 g/mol. The summed E-state index contributed by atoms with van der Waals surface area (Å²) in [5.41, 5.74) is 3.71. The van der Waals surface area contributed by atoms with E-state index in [1.54, 1.807) is 13.1 Å². The van der Waals surface area contributed by atoms with Crippen LogP contribution in [-0.2, 0) is 20.7 Å². The Morgan fingerprint density at radius 1 is 1.04 bits per heavy atom. The van der Waals surface area contributed by atoms with Gasteiger partial charge in [-0.05, 0) is 42.2 Å². The molecule has 0 aliphatic rings. The second kappa shape index (κ2) is 8.08. The number of hydrogen-bond acceptors (Lipinski definition) is 3. The van der Waals surface area contributed by atoms with Crippen molar-refractivity contribution in [3.05, 3.63) is 65.9 Å². The van der Waals surface area contributed by atoms with Gasteiger partial charge in [-0.25, -0.2) is 0 Å². The Balaban J connectivity index is 1.56. The minimum Gasteiger partial charge on any atom is -0.452 e. The number of H-pyrrole nitrogens is 1. The summed E-state index contributed by atoms with van der Waals surface area (Å²) in [6.45, 7) is 5.80. The van der Waals surface area contributed by atoms with Crippen molar-refractivity contribution in [3.63, 3.8) is 0 Å². The molecule has 0 fully saturated rings. The first-order valence-corrected chi connectivity index (χ1v) is 9.09. The Bertz CT molecular complexity index is 942. The van der Waals surface area contributed by atoms with Gasteiger partial charge < -0.3 is 15.0 Å². The van der Waals surface area contributed by atoms with Crippen LogP contribution in [0.25, 0.3) is 10.9 Å². The first-order valence-electron chi connectivity index (χ1n) is 9.09. The van der Waals surface area contributed by atoms with E-state index in [-0.39, 0.29) is 12.3 Å². The highest BCUT2D eigenvalue weighted by molar-refractivity contribution is 5.95. The average Bonchev–Trinajstić information content (AvgIpc) is 3.05. The Morgan fingerprint density at radius 3 is 2.44 bits per heavy atom. The van der Waals surface area contributed by atoms with E-state index in [1.807, 2.05) is 48.5 Å². The molecule has 1 heterocycles. The van der Waals surface area contributed by atoms with Crippen LogP contribution in [0.3, 0.4) is 0 Å². The van der Waals surface area contributed by atoms with Crippen LogP contribution in [0.15, 0.2) is 54.7 Å². The van der Waals surface area contributed by atoms with Gasteiger partial charge in [0, 0.05) is 22.8 Å². The van der Waals surface area contributed by atoms with Crippen molar-refractivity contribution < 1.29 is 14.3 Å². The number of fused-ring (bicyclic) bond motifs is 1. The lowest BCUT2D eigenvalue weighted by molar-refractivity contribution is -0.152. The highest BCUT2D eigenvalue weighted by Gasteiger charge is 2.19. The van der Waals surface area contributed by atoms with Gasteiger partial charge >= 0.3 is 5.97 Å². The monoisotopic (exact) mass is 364 g/mol. The van der Waals surface area contributed by atoms with E-state index in [0.717, 1.165) is 16.5 Å². The summed E-state index contributed by atoms with van der Waals surface area (Å²) in [5, 5.41) is 3.76. The molecule has 2 aromatic carbocycles. The molecule has 0 spiro atoms. The fourth-order valence-corrected chi connectivity index (χ4v) is 2.92. The number of nitrogens with one attached hydrogen (secondary N) is 2. The fourth-order valence-electron chi connectivity index (χ4n) is 2.92.